The number of urea groups is 1. The van der Waals surface area contributed by atoms with Gasteiger partial charge in [0.1, 0.15) is 0 Å². The quantitative estimate of drug-likeness (QED) is 0.876. The van der Waals surface area contributed by atoms with Gasteiger partial charge in [0.25, 0.3) is 0 Å². The summed E-state index contributed by atoms with van der Waals surface area (Å²) in [4.78, 5) is 25.2. The lowest BCUT2D eigenvalue weighted by molar-refractivity contribution is -0.143. The van der Waals surface area contributed by atoms with Crippen LogP contribution in [0.5, 0.6) is 0 Å². The lowest BCUT2D eigenvalue weighted by atomic mass is 9.98. The standard InChI is InChI=1S/C21H24N2O3/c1-15(22-21(26)23-13-5-8-19(14-23)20(24)25)16-9-11-18(12-10-16)17-6-3-2-4-7-17/h2-4,6-7,9-12,15,19H,5,8,13-14H2,1H3,(H,22,26)(H,24,25). The summed E-state index contributed by atoms with van der Waals surface area (Å²) >= 11 is 0. The van der Waals surface area contributed by atoms with E-state index in [1.807, 2.05) is 37.3 Å². The molecule has 0 aromatic heterocycles. The van der Waals surface area contributed by atoms with Gasteiger partial charge in [-0.1, -0.05) is 54.6 Å². The molecule has 1 aliphatic rings. The van der Waals surface area contributed by atoms with Crippen LogP contribution in [0.4, 0.5) is 4.79 Å². The van der Waals surface area contributed by atoms with Gasteiger partial charge in [0.05, 0.1) is 12.0 Å². The molecule has 2 aromatic rings. The number of nitrogens with zero attached hydrogens (tertiary/aromatic N) is 1. The molecule has 2 N–H and O–H groups in total. The van der Waals surface area contributed by atoms with Crippen LogP contribution in [-0.4, -0.2) is 35.1 Å². The van der Waals surface area contributed by atoms with E-state index in [1.165, 1.54) is 0 Å². The van der Waals surface area contributed by atoms with Gasteiger partial charge < -0.3 is 15.3 Å². The number of piperidine rings is 1. The molecule has 136 valence electrons. The van der Waals surface area contributed by atoms with Gasteiger partial charge in [-0.05, 0) is 36.5 Å². The van der Waals surface area contributed by atoms with E-state index in [-0.39, 0.29) is 18.6 Å². The summed E-state index contributed by atoms with van der Waals surface area (Å²) in [6.07, 6.45) is 1.36. The third kappa shape index (κ3) is 4.23. The number of benzene rings is 2. The first-order valence-electron chi connectivity index (χ1n) is 8.98. The third-order valence-electron chi connectivity index (χ3n) is 4.92. The van der Waals surface area contributed by atoms with Gasteiger partial charge in [0.15, 0.2) is 0 Å². The number of amides is 2. The number of nitrogens with one attached hydrogen (secondary N) is 1. The molecule has 1 fully saturated rings. The van der Waals surface area contributed by atoms with Crippen molar-refractivity contribution < 1.29 is 14.7 Å². The smallest absolute Gasteiger partial charge is 0.317 e. The molecule has 2 amide bonds. The molecule has 5 heteroatoms. The predicted molar refractivity (Wildman–Crippen MR) is 101 cm³/mol. The first-order chi connectivity index (χ1) is 12.5. The van der Waals surface area contributed by atoms with Crippen molar-refractivity contribution in [3.63, 3.8) is 0 Å². The van der Waals surface area contributed by atoms with E-state index < -0.39 is 11.9 Å². The number of carbonyl (C=O) groups excluding carboxylic acids is 1. The van der Waals surface area contributed by atoms with Crippen LogP contribution in [-0.2, 0) is 4.79 Å². The zero-order valence-electron chi connectivity index (χ0n) is 14.9. The largest absolute Gasteiger partial charge is 0.481 e. The molecule has 0 radical (unpaired) electrons. The van der Waals surface area contributed by atoms with Gasteiger partial charge in [0.2, 0.25) is 0 Å². The average molecular weight is 352 g/mol. The molecule has 2 atom stereocenters. The maximum Gasteiger partial charge on any atom is 0.317 e. The topological polar surface area (TPSA) is 69.6 Å². The molecule has 0 spiro atoms. The van der Waals surface area contributed by atoms with Gasteiger partial charge in [0, 0.05) is 13.1 Å². The van der Waals surface area contributed by atoms with Crippen molar-refractivity contribution in [1.29, 1.82) is 0 Å². The van der Waals surface area contributed by atoms with Crippen molar-refractivity contribution in [3.8, 4) is 11.1 Å². The lowest BCUT2D eigenvalue weighted by Gasteiger charge is -2.31. The summed E-state index contributed by atoms with van der Waals surface area (Å²) in [5.74, 6) is -1.29. The van der Waals surface area contributed by atoms with E-state index in [1.54, 1.807) is 4.90 Å². The van der Waals surface area contributed by atoms with E-state index in [2.05, 4.69) is 29.6 Å². The molecule has 0 aliphatic carbocycles. The Bertz CT molecular complexity index is 759. The molecule has 2 unspecified atom stereocenters. The van der Waals surface area contributed by atoms with Crippen molar-refractivity contribution in [3.05, 3.63) is 60.2 Å². The maximum atomic E-state index is 12.5. The minimum absolute atomic E-state index is 0.141. The van der Waals surface area contributed by atoms with Gasteiger partial charge in [-0.3, -0.25) is 4.79 Å². The van der Waals surface area contributed by atoms with E-state index >= 15 is 0 Å². The third-order valence-corrected chi connectivity index (χ3v) is 4.92. The number of carboxylic acids is 1. The summed E-state index contributed by atoms with van der Waals surface area (Å²) in [6, 6.07) is 17.9. The lowest BCUT2D eigenvalue weighted by Crippen LogP contribution is -2.47. The molecular formula is C21H24N2O3. The van der Waals surface area contributed by atoms with Crippen molar-refractivity contribution in [1.82, 2.24) is 10.2 Å². The summed E-state index contributed by atoms with van der Waals surface area (Å²) in [5, 5.41) is 12.1. The summed E-state index contributed by atoms with van der Waals surface area (Å²) in [5.41, 5.74) is 3.31. The fraction of sp³-hybridized carbons (Fsp3) is 0.333. The zero-order chi connectivity index (χ0) is 18.5. The van der Waals surface area contributed by atoms with E-state index in [0.29, 0.717) is 13.0 Å². The van der Waals surface area contributed by atoms with Crippen molar-refractivity contribution in [2.75, 3.05) is 13.1 Å². The van der Waals surface area contributed by atoms with Crippen LogP contribution >= 0.6 is 0 Å². The maximum absolute atomic E-state index is 12.5. The minimum atomic E-state index is -0.827. The van der Waals surface area contributed by atoms with Gasteiger partial charge >= 0.3 is 12.0 Å². The number of likely N-dealkylation sites (tertiary alicyclic amines) is 1. The normalized spacial score (nSPS) is 18.2. The van der Waals surface area contributed by atoms with Crippen molar-refractivity contribution in [2.45, 2.75) is 25.8 Å². The molecule has 1 saturated heterocycles. The number of hydrogen-bond donors (Lipinski definition) is 2. The van der Waals surface area contributed by atoms with Gasteiger partial charge in [-0.2, -0.15) is 0 Å². The molecule has 3 rings (SSSR count). The predicted octanol–water partition coefficient (Wildman–Crippen LogP) is 3.92. The fourth-order valence-corrected chi connectivity index (χ4v) is 3.32. The first kappa shape index (κ1) is 18.0. The minimum Gasteiger partial charge on any atom is -0.481 e. The van der Waals surface area contributed by atoms with Crippen LogP contribution < -0.4 is 5.32 Å². The second kappa shape index (κ2) is 8.04. The highest BCUT2D eigenvalue weighted by Gasteiger charge is 2.28. The molecule has 0 bridgehead atoms. The summed E-state index contributed by atoms with van der Waals surface area (Å²) in [6.45, 7) is 2.82. The second-order valence-corrected chi connectivity index (χ2v) is 6.78. The molecule has 1 heterocycles. The highest BCUT2D eigenvalue weighted by Crippen LogP contribution is 2.22. The number of carbonyl (C=O) groups is 2. The van der Waals surface area contributed by atoms with Gasteiger partial charge in [-0.15, -0.1) is 0 Å². The number of aliphatic carboxylic acids is 1. The average Bonchev–Trinajstić information content (AvgIpc) is 2.68. The summed E-state index contributed by atoms with van der Waals surface area (Å²) in [7, 11) is 0. The molecule has 0 saturated carbocycles. The first-order valence-corrected chi connectivity index (χ1v) is 8.98. The van der Waals surface area contributed by atoms with Gasteiger partial charge in [-0.25, -0.2) is 4.79 Å². The van der Waals surface area contributed by atoms with E-state index in [0.717, 1.165) is 23.1 Å². The monoisotopic (exact) mass is 352 g/mol. The summed E-state index contributed by atoms with van der Waals surface area (Å²) < 4.78 is 0. The number of rotatable bonds is 4. The van der Waals surface area contributed by atoms with Crippen LogP contribution in [0.15, 0.2) is 54.6 Å². The molecular weight excluding hydrogens is 328 g/mol. The number of carboxylic acid groups (broad SMARTS) is 1. The van der Waals surface area contributed by atoms with E-state index in [4.69, 9.17) is 5.11 Å². The molecule has 1 aliphatic heterocycles. The Balaban J connectivity index is 1.61. The Labute approximate surface area is 153 Å². The Hall–Kier alpha value is -2.82. The van der Waals surface area contributed by atoms with Crippen LogP contribution in [0.3, 0.4) is 0 Å². The second-order valence-electron chi connectivity index (χ2n) is 6.78. The Kier molecular flexibility index (Phi) is 5.56. The Morgan fingerprint density at radius 1 is 1.08 bits per heavy atom. The molecule has 2 aromatic carbocycles. The SMILES string of the molecule is CC(NC(=O)N1CCCC(C(=O)O)C1)c1ccc(-c2ccccc2)cc1. The zero-order valence-corrected chi connectivity index (χ0v) is 14.9. The Morgan fingerprint density at radius 2 is 1.73 bits per heavy atom. The van der Waals surface area contributed by atoms with Crippen molar-refractivity contribution >= 4 is 12.0 Å². The van der Waals surface area contributed by atoms with Crippen LogP contribution in [0.1, 0.15) is 31.4 Å². The van der Waals surface area contributed by atoms with Crippen LogP contribution in [0, 0.1) is 5.92 Å². The van der Waals surface area contributed by atoms with E-state index in [9.17, 15) is 9.59 Å². The molecule has 26 heavy (non-hydrogen) atoms. The van der Waals surface area contributed by atoms with Crippen LogP contribution in [0.2, 0.25) is 0 Å². The fourth-order valence-electron chi connectivity index (χ4n) is 3.32. The highest BCUT2D eigenvalue weighted by molar-refractivity contribution is 5.77. The number of hydrogen-bond acceptors (Lipinski definition) is 2. The van der Waals surface area contributed by atoms with Crippen LogP contribution in [0.25, 0.3) is 11.1 Å². The Morgan fingerprint density at radius 3 is 2.38 bits per heavy atom. The molecule has 5 nitrogen and oxygen atoms in total. The highest BCUT2D eigenvalue weighted by atomic mass is 16.4. The van der Waals surface area contributed by atoms with Crippen molar-refractivity contribution in [2.24, 2.45) is 5.92 Å².